The van der Waals surface area contributed by atoms with Crippen LogP contribution in [0.5, 0.6) is 0 Å². The van der Waals surface area contributed by atoms with Gasteiger partial charge in [0, 0.05) is 38.5 Å². The molecule has 0 bridgehead atoms. The van der Waals surface area contributed by atoms with Gasteiger partial charge in [0.2, 0.25) is 5.91 Å². The first kappa shape index (κ1) is 12.1. The highest BCUT2D eigenvalue weighted by atomic mass is 16.1. The molecule has 0 aliphatic carbocycles. The van der Waals surface area contributed by atoms with E-state index in [9.17, 15) is 4.79 Å². The number of rotatable bonds is 4. The van der Waals surface area contributed by atoms with E-state index in [1.807, 2.05) is 7.05 Å². The van der Waals surface area contributed by atoms with Gasteiger partial charge in [-0.15, -0.1) is 0 Å². The van der Waals surface area contributed by atoms with Gasteiger partial charge in [-0.3, -0.25) is 9.48 Å². The Morgan fingerprint density at radius 2 is 2.41 bits per heavy atom. The lowest BCUT2D eigenvalue weighted by Gasteiger charge is -2.13. The normalized spacial score (nSPS) is 14.5. The smallest absolute Gasteiger partial charge is 0.225 e. The van der Waals surface area contributed by atoms with Gasteiger partial charge < -0.3 is 10.6 Å². The van der Waals surface area contributed by atoms with E-state index in [4.69, 9.17) is 0 Å². The van der Waals surface area contributed by atoms with Gasteiger partial charge in [0.25, 0.3) is 0 Å². The molecule has 0 aromatic carbocycles. The molecule has 0 saturated carbocycles. The van der Waals surface area contributed by atoms with Crippen molar-refractivity contribution in [2.75, 3.05) is 11.9 Å². The number of carbonyl (C=O) groups excluding carboxylic acids is 1. The summed E-state index contributed by atoms with van der Waals surface area (Å²) in [6.07, 6.45) is 3.50. The number of aryl methyl sites for hydroxylation is 1. The van der Waals surface area contributed by atoms with Crippen LogP contribution in [-0.4, -0.2) is 22.2 Å². The SMILES string of the molecule is CCCCC(=O)Nc1c2c(nn1C)CCNC2. The Labute approximate surface area is 102 Å². The summed E-state index contributed by atoms with van der Waals surface area (Å²) >= 11 is 0. The predicted octanol–water partition coefficient (Wildman–Crippen LogP) is 1.19. The van der Waals surface area contributed by atoms with E-state index in [0.717, 1.165) is 49.4 Å². The van der Waals surface area contributed by atoms with Gasteiger partial charge in [-0.2, -0.15) is 5.10 Å². The van der Waals surface area contributed by atoms with Gasteiger partial charge in [-0.05, 0) is 6.42 Å². The maximum absolute atomic E-state index is 11.7. The molecule has 2 heterocycles. The fraction of sp³-hybridized carbons (Fsp3) is 0.667. The first-order valence-corrected chi connectivity index (χ1v) is 6.27. The Hall–Kier alpha value is -1.36. The Morgan fingerprint density at radius 1 is 1.59 bits per heavy atom. The summed E-state index contributed by atoms with van der Waals surface area (Å²) in [6, 6.07) is 0. The van der Waals surface area contributed by atoms with E-state index in [-0.39, 0.29) is 5.91 Å². The third kappa shape index (κ3) is 2.66. The molecule has 1 aromatic rings. The highest BCUT2D eigenvalue weighted by Crippen LogP contribution is 2.22. The largest absolute Gasteiger partial charge is 0.312 e. The van der Waals surface area contributed by atoms with Crippen molar-refractivity contribution in [1.29, 1.82) is 0 Å². The first-order valence-electron chi connectivity index (χ1n) is 6.27. The molecule has 1 aliphatic rings. The van der Waals surface area contributed by atoms with Crippen LogP contribution < -0.4 is 10.6 Å². The van der Waals surface area contributed by atoms with Crippen molar-refractivity contribution in [2.24, 2.45) is 7.05 Å². The molecule has 0 fully saturated rings. The average Bonchev–Trinajstić information content (AvgIpc) is 2.64. The fourth-order valence-electron chi connectivity index (χ4n) is 2.12. The third-order valence-corrected chi connectivity index (χ3v) is 3.08. The minimum atomic E-state index is 0.0863. The van der Waals surface area contributed by atoms with Gasteiger partial charge in [-0.1, -0.05) is 13.3 Å². The lowest BCUT2D eigenvalue weighted by atomic mass is 10.1. The van der Waals surface area contributed by atoms with Gasteiger partial charge in [0.05, 0.1) is 5.69 Å². The number of aromatic nitrogens is 2. The third-order valence-electron chi connectivity index (χ3n) is 3.08. The molecule has 0 unspecified atom stereocenters. The Morgan fingerprint density at radius 3 is 3.18 bits per heavy atom. The second-order valence-electron chi connectivity index (χ2n) is 4.48. The molecule has 1 aromatic heterocycles. The van der Waals surface area contributed by atoms with Gasteiger partial charge in [0.15, 0.2) is 0 Å². The number of amides is 1. The molecule has 2 rings (SSSR count). The number of carbonyl (C=O) groups is 1. The number of hydrogen-bond donors (Lipinski definition) is 2. The monoisotopic (exact) mass is 236 g/mol. The predicted molar refractivity (Wildman–Crippen MR) is 66.8 cm³/mol. The lowest BCUT2D eigenvalue weighted by molar-refractivity contribution is -0.116. The van der Waals surface area contributed by atoms with E-state index >= 15 is 0 Å². The Kier molecular flexibility index (Phi) is 3.78. The van der Waals surface area contributed by atoms with Crippen molar-refractivity contribution in [3.8, 4) is 0 Å². The van der Waals surface area contributed by atoms with E-state index in [1.165, 1.54) is 0 Å². The minimum absolute atomic E-state index is 0.0863. The maximum atomic E-state index is 11.7. The molecule has 5 nitrogen and oxygen atoms in total. The van der Waals surface area contributed by atoms with E-state index in [1.54, 1.807) is 4.68 Å². The zero-order valence-electron chi connectivity index (χ0n) is 10.5. The van der Waals surface area contributed by atoms with Crippen LogP contribution in [0, 0.1) is 0 Å². The number of nitrogens with one attached hydrogen (secondary N) is 2. The number of nitrogens with zero attached hydrogens (tertiary/aromatic N) is 2. The van der Waals surface area contributed by atoms with Crippen molar-refractivity contribution in [3.05, 3.63) is 11.3 Å². The van der Waals surface area contributed by atoms with E-state index in [0.29, 0.717) is 6.42 Å². The van der Waals surface area contributed by atoms with Gasteiger partial charge >= 0.3 is 0 Å². The topological polar surface area (TPSA) is 59.0 Å². The molecule has 0 radical (unpaired) electrons. The molecule has 0 saturated heterocycles. The number of anilines is 1. The maximum Gasteiger partial charge on any atom is 0.225 e. The molecule has 5 heteroatoms. The van der Waals surface area contributed by atoms with Crippen LogP contribution in [0.25, 0.3) is 0 Å². The highest BCUT2D eigenvalue weighted by molar-refractivity contribution is 5.90. The van der Waals surface area contributed by atoms with Crippen molar-refractivity contribution < 1.29 is 4.79 Å². The number of unbranched alkanes of at least 4 members (excludes halogenated alkanes) is 1. The summed E-state index contributed by atoms with van der Waals surface area (Å²) < 4.78 is 1.78. The van der Waals surface area contributed by atoms with Crippen LogP contribution in [0.2, 0.25) is 0 Å². The van der Waals surface area contributed by atoms with Crippen LogP contribution >= 0.6 is 0 Å². The molecule has 1 amide bonds. The molecule has 0 atom stereocenters. The molecule has 17 heavy (non-hydrogen) atoms. The molecular weight excluding hydrogens is 216 g/mol. The van der Waals surface area contributed by atoms with Crippen molar-refractivity contribution in [2.45, 2.75) is 39.2 Å². The molecule has 94 valence electrons. The quantitative estimate of drug-likeness (QED) is 0.825. The van der Waals surface area contributed by atoms with E-state index < -0.39 is 0 Å². The summed E-state index contributed by atoms with van der Waals surface area (Å²) in [5.74, 6) is 0.941. The second-order valence-corrected chi connectivity index (χ2v) is 4.48. The Bertz CT molecular complexity index is 411. The highest BCUT2D eigenvalue weighted by Gasteiger charge is 2.19. The van der Waals surface area contributed by atoms with Crippen molar-refractivity contribution in [1.82, 2.24) is 15.1 Å². The summed E-state index contributed by atoms with van der Waals surface area (Å²) in [6.45, 7) is 3.85. The van der Waals surface area contributed by atoms with Crippen LogP contribution in [0.3, 0.4) is 0 Å². The zero-order valence-corrected chi connectivity index (χ0v) is 10.5. The average molecular weight is 236 g/mol. The molecule has 0 spiro atoms. The summed E-state index contributed by atoms with van der Waals surface area (Å²) in [5.41, 5.74) is 2.25. The molecular formula is C12H20N4O. The van der Waals surface area contributed by atoms with Crippen molar-refractivity contribution >= 4 is 11.7 Å². The first-order chi connectivity index (χ1) is 8.22. The minimum Gasteiger partial charge on any atom is -0.312 e. The summed E-state index contributed by atoms with van der Waals surface area (Å²) in [5, 5.41) is 10.7. The number of hydrogen-bond acceptors (Lipinski definition) is 3. The lowest BCUT2D eigenvalue weighted by Crippen LogP contribution is -2.24. The molecule has 2 N–H and O–H groups in total. The van der Waals surface area contributed by atoms with Crippen LogP contribution in [0.1, 0.15) is 37.4 Å². The standard InChI is InChI=1S/C12H20N4O/c1-3-4-5-11(17)14-12-9-8-13-7-6-10(9)15-16(12)2/h13H,3-8H2,1-2H3,(H,14,17). The zero-order chi connectivity index (χ0) is 12.3. The van der Waals surface area contributed by atoms with E-state index in [2.05, 4.69) is 22.7 Å². The van der Waals surface area contributed by atoms with Gasteiger partial charge in [0.1, 0.15) is 5.82 Å². The molecule has 1 aliphatic heterocycles. The second kappa shape index (κ2) is 5.31. The summed E-state index contributed by atoms with van der Waals surface area (Å²) in [7, 11) is 1.88. The Balaban J connectivity index is 2.10. The summed E-state index contributed by atoms with van der Waals surface area (Å²) in [4.78, 5) is 11.7. The van der Waals surface area contributed by atoms with Gasteiger partial charge in [-0.25, -0.2) is 0 Å². The van der Waals surface area contributed by atoms with Crippen molar-refractivity contribution in [3.63, 3.8) is 0 Å². The van der Waals surface area contributed by atoms with Crippen LogP contribution in [0.15, 0.2) is 0 Å². The van der Waals surface area contributed by atoms with Crippen LogP contribution in [-0.2, 0) is 24.8 Å². The number of fused-ring (bicyclic) bond motifs is 1. The fourth-order valence-corrected chi connectivity index (χ4v) is 2.12. The van der Waals surface area contributed by atoms with Crippen LogP contribution in [0.4, 0.5) is 5.82 Å².